The number of nitrogens with one attached hydrogen (secondary N) is 1. The van der Waals surface area contributed by atoms with Crippen molar-refractivity contribution in [3.8, 4) is 16.9 Å². The first-order valence-electron chi connectivity index (χ1n) is 12.0. The van der Waals surface area contributed by atoms with Gasteiger partial charge in [-0.3, -0.25) is 9.36 Å². The van der Waals surface area contributed by atoms with Crippen LogP contribution in [0.3, 0.4) is 0 Å². The van der Waals surface area contributed by atoms with Crippen LogP contribution in [0.25, 0.3) is 22.2 Å². The first-order chi connectivity index (χ1) is 17.7. The lowest BCUT2D eigenvalue weighted by atomic mass is 10.0. The zero-order chi connectivity index (χ0) is 26.3. The number of aliphatic hydroxyl groups is 1. The molecule has 2 heterocycles. The minimum absolute atomic E-state index is 0.132. The highest BCUT2D eigenvalue weighted by atomic mass is 31.2. The highest BCUT2D eigenvalue weighted by Gasteiger charge is 2.28. The smallest absolute Gasteiger partial charge is 0.254 e. The van der Waals surface area contributed by atoms with Crippen molar-refractivity contribution < 1.29 is 28.5 Å². The molecule has 0 fully saturated rings. The molecule has 0 saturated carbocycles. The molecule has 1 aliphatic rings. The molecule has 0 spiro atoms. The van der Waals surface area contributed by atoms with E-state index >= 15 is 4.39 Å². The fourth-order valence-electron chi connectivity index (χ4n) is 4.71. The minimum Gasteiger partial charge on any atom is -0.491 e. The largest absolute Gasteiger partial charge is 0.491 e. The van der Waals surface area contributed by atoms with Crippen molar-refractivity contribution in [1.82, 2.24) is 14.9 Å². The number of carbonyl (C=O) groups is 1. The van der Waals surface area contributed by atoms with Crippen LogP contribution in [0.1, 0.15) is 34.2 Å². The molecular weight excluding hydrogens is 496 g/mol. The molecule has 1 atom stereocenters. The SMILES string of the molecule is CCc1c(C(=O)N2CCOc3ccc(-c4ccc5nc(CO)[nH]c5c4)cc3C2)ccc(P(C)(=O)O)c1F. The van der Waals surface area contributed by atoms with E-state index in [1.807, 2.05) is 36.4 Å². The lowest BCUT2D eigenvalue weighted by Crippen LogP contribution is -2.33. The number of aliphatic hydroxyl groups excluding tert-OH is 1. The maximum atomic E-state index is 15.1. The van der Waals surface area contributed by atoms with Crippen LogP contribution >= 0.6 is 7.37 Å². The zero-order valence-electron chi connectivity index (χ0n) is 20.5. The Balaban J connectivity index is 1.47. The van der Waals surface area contributed by atoms with Crippen LogP contribution in [0.5, 0.6) is 5.75 Å². The Morgan fingerprint density at radius 3 is 2.68 bits per heavy atom. The second-order valence-corrected chi connectivity index (χ2v) is 11.4. The number of hydrogen-bond acceptors (Lipinski definition) is 5. The van der Waals surface area contributed by atoms with E-state index in [9.17, 15) is 19.4 Å². The Hall–Kier alpha value is -3.52. The van der Waals surface area contributed by atoms with E-state index in [0.717, 1.165) is 34.4 Å². The highest BCUT2D eigenvalue weighted by molar-refractivity contribution is 7.65. The van der Waals surface area contributed by atoms with E-state index in [4.69, 9.17) is 4.74 Å². The molecule has 4 aromatic rings. The number of fused-ring (bicyclic) bond motifs is 2. The van der Waals surface area contributed by atoms with Crippen LogP contribution in [0, 0.1) is 5.82 Å². The van der Waals surface area contributed by atoms with Gasteiger partial charge in [-0.05, 0) is 53.9 Å². The van der Waals surface area contributed by atoms with Gasteiger partial charge in [0.1, 0.15) is 30.6 Å². The Bertz CT molecular complexity index is 1560. The summed E-state index contributed by atoms with van der Waals surface area (Å²) in [6.07, 6.45) is 0.208. The van der Waals surface area contributed by atoms with Crippen molar-refractivity contribution in [2.75, 3.05) is 19.8 Å². The molecule has 0 radical (unpaired) electrons. The molecule has 8 nitrogen and oxygen atoms in total. The Labute approximate surface area is 213 Å². The van der Waals surface area contributed by atoms with E-state index in [1.165, 1.54) is 12.1 Å². The normalized spacial score (nSPS) is 15.1. The summed E-state index contributed by atoms with van der Waals surface area (Å²) in [5.41, 5.74) is 4.55. The number of rotatable bonds is 5. The fourth-order valence-corrected chi connectivity index (χ4v) is 5.56. The van der Waals surface area contributed by atoms with Crippen molar-refractivity contribution >= 4 is 29.6 Å². The van der Waals surface area contributed by atoms with Crippen molar-refractivity contribution in [2.45, 2.75) is 26.5 Å². The van der Waals surface area contributed by atoms with Crippen LogP contribution in [0.4, 0.5) is 4.39 Å². The number of imidazole rings is 1. The predicted molar refractivity (Wildman–Crippen MR) is 139 cm³/mol. The molecule has 0 aliphatic carbocycles. The maximum absolute atomic E-state index is 15.1. The molecule has 1 aliphatic heterocycles. The van der Waals surface area contributed by atoms with Gasteiger partial charge in [-0.15, -0.1) is 0 Å². The van der Waals surface area contributed by atoms with Crippen LogP contribution in [0.15, 0.2) is 48.5 Å². The molecule has 37 heavy (non-hydrogen) atoms. The molecule has 3 aromatic carbocycles. The van der Waals surface area contributed by atoms with Gasteiger partial charge >= 0.3 is 0 Å². The van der Waals surface area contributed by atoms with Crippen LogP contribution in [-0.2, 0) is 24.1 Å². The van der Waals surface area contributed by atoms with Gasteiger partial charge in [0.2, 0.25) is 7.37 Å². The van der Waals surface area contributed by atoms with Crippen LogP contribution in [-0.4, -0.2) is 50.6 Å². The summed E-state index contributed by atoms with van der Waals surface area (Å²) in [5, 5.41) is 9.08. The van der Waals surface area contributed by atoms with E-state index in [-0.39, 0.29) is 48.5 Å². The molecule has 1 unspecified atom stereocenters. The standard InChI is InChI=1S/C27H27FN3O5P/c1-3-19-20(6-9-24(26(19)28)37(2,34)35)27(33)31-10-11-36-23-8-5-16(12-18(23)14-31)17-4-7-21-22(13-17)30-25(15-32)29-21/h4-9,12-13,32H,3,10-11,14-15H2,1-2H3,(H,29,30)(H,34,35). The summed E-state index contributed by atoms with van der Waals surface area (Å²) in [4.78, 5) is 32.4. The number of amides is 1. The molecule has 192 valence electrons. The van der Waals surface area contributed by atoms with E-state index in [1.54, 1.807) is 11.8 Å². The summed E-state index contributed by atoms with van der Waals surface area (Å²) in [5.74, 6) is 0.0133. The number of halogens is 1. The zero-order valence-corrected chi connectivity index (χ0v) is 21.4. The van der Waals surface area contributed by atoms with Gasteiger partial charge in [-0.1, -0.05) is 19.1 Å². The van der Waals surface area contributed by atoms with Gasteiger partial charge in [0.15, 0.2) is 0 Å². The average molecular weight is 524 g/mol. The predicted octanol–water partition coefficient (Wildman–Crippen LogP) is 3.98. The number of aromatic amines is 1. The summed E-state index contributed by atoms with van der Waals surface area (Å²) in [6, 6.07) is 14.2. The molecule has 0 saturated heterocycles. The second kappa shape index (κ2) is 9.74. The molecule has 1 amide bonds. The van der Waals surface area contributed by atoms with Crippen LogP contribution < -0.4 is 10.0 Å². The average Bonchev–Trinajstić information content (AvgIpc) is 3.17. The van der Waals surface area contributed by atoms with Crippen molar-refractivity contribution in [2.24, 2.45) is 0 Å². The van der Waals surface area contributed by atoms with Gasteiger partial charge in [0.05, 0.1) is 22.9 Å². The Morgan fingerprint density at radius 2 is 1.95 bits per heavy atom. The molecular formula is C27H27FN3O5P. The highest BCUT2D eigenvalue weighted by Crippen LogP contribution is 2.37. The number of H-pyrrole nitrogens is 1. The number of hydrogen-bond donors (Lipinski definition) is 3. The van der Waals surface area contributed by atoms with Gasteiger partial charge in [-0.25, -0.2) is 9.37 Å². The number of aromatic nitrogens is 2. The first-order valence-corrected chi connectivity index (χ1v) is 14.1. The maximum Gasteiger partial charge on any atom is 0.254 e. The third kappa shape index (κ3) is 4.78. The third-order valence-electron chi connectivity index (χ3n) is 6.60. The van der Waals surface area contributed by atoms with Gasteiger partial charge in [0.25, 0.3) is 5.91 Å². The first kappa shape index (κ1) is 25.1. The van der Waals surface area contributed by atoms with E-state index in [0.29, 0.717) is 18.1 Å². The molecule has 1 aromatic heterocycles. The third-order valence-corrected chi connectivity index (χ3v) is 7.83. The summed E-state index contributed by atoms with van der Waals surface area (Å²) >= 11 is 0. The topological polar surface area (TPSA) is 116 Å². The fraction of sp³-hybridized carbons (Fsp3) is 0.259. The number of benzene rings is 3. The van der Waals surface area contributed by atoms with Crippen molar-refractivity contribution in [3.63, 3.8) is 0 Å². The Kier molecular flexibility index (Phi) is 6.62. The van der Waals surface area contributed by atoms with Gasteiger partial charge in [-0.2, -0.15) is 0 Å². The minimum atomic E-state index is -3.82. The number of ether oxygens (including phenoxy) is 1. The van der Waals surface area contributed by atoms with Crippen molar-refractivity contribution in [3.05, 3.63) is 76.9 Å². The summed E-state index contributed by atoms with van der Waals surface area (Å²) in [6.45, 7) is 3.49. The molecule has 5 rings (SSSR count). The van der Waals surface area contributed by atoms with Gasteiger partial charge < -0.3 is 24.6 Å². The molecule has 0 bridgehead atoms. The van der Waals surface area contributed by atoms with Gasteiger partial charge in [0, 0.05) is 29.9 Å². The second-order valence-electron chi connectivity index (χ2n) is 9.13. The monoisotopic (exact) mass is 523 g/mol. The Morgan fingerprint density at radius 1 is 1.19 bits per heavy atom. The lowest BCUT2D eigenvalue weighted by Gasteiger charge is -2.22. The summed E-state index contributed by atoms with van der Waals surface area (Å²) in [7, 11) is -3.82. The lowest BCUT2D eigenvalue weighted by molar-refractivity contribution is 0.0731. The quantitative estimate of drug-likeness (QED) is 0.341. The summed E-state index contributed by atoms with van der Waals surface area (Å²) < 4.78 is 33.1. The number of carbonyl (C=O) groups excluding carboxylic acids is 1. The molecule has 10 heteroatoms. The van der Waals surface area contributed by atoms with Crippen molar-refractivity contribution in [1.29, 1.82) is 0 Å². The van der Waals surface area contributed by atoms with E-state index < -0.39 is 13.2 Å². The molecule has 3 N–H and O–H groups in total. The number of nitrogens with zero attached hydrogens (tertiary/aromatic N) is 2. The van der Waals surface area contributed by atoms with E-state index in [2.05, 4.69) is 9.97 Å². The van der Waals surface area contributed by atoms with Crippen LogP contribution in [0.2, 0.25) is 0 Å².